The molecule has 2 heterocycles. The highest BCUT2D eigenvalue weighted by Crippen LogP contribution is 2.21. The zero-order valence-electron chi connectivity index (χ0n) is 9.34. The molecule has 0 radical (unpaired) electrons. The monoisotopic (exact) mass is 256 g/mol. The lowest BCUT2D eigenvalue weighted by Crippen LogP contribution is -1.84. The first kappa shape index (κ1) is 10.9. The van der Waals surface area contributed by atoms with Crippen molar-refractivity contribution in [1.82, 2.24) is 20.2 Å². The van der Waals surface area contributed by atoms with Gasteiger partial charge in [-0.05, 0) is 24.3 Å². The Morgan fingerprint density at radius 3 is 2.78 bits per heavy atom. The quantitative estimate of drug-likeness (QED) is 0.766. The molecule has 0 aliphatic carbocycles. The molecule has 88 valence electrons. The summed E-state index contributed by atoms with van der Waals surface area (Å²) in [4.78, 5) is 8.61. The van der Waals surface area contributed by atoms with Crippen molar-refractivity contribution in [2.24, 2.45) is 0 Å². The zero-order valence-corrected chi connectivity index (χ0v) is 10.1. The number of rotatable bonds is 2. The molecule has 0 saturated heterocycles. The van der Waals surface area contributed by atoms with E-state index in [1.807, 2.05) is 42.5 Å². The number of hydrogen-bond acceptors (Lipinski definition) is 3. The van der Waals surface area contributed by atoms with Crippen LogP contribution in [0.5, 0.6) is 0 Å². The van der Waals surface area contributed by atoms with E-state index in [1.54, 1.807) is 6.20 Å². The lowest BCUT2D eigenvalue weighted by atomic mass is 10.2. The SMILES string of the molecule is Clc1cccc(-c2nc(-c3ccccn3)n[nH]2)c1. The third-order valence-corrected chi connectivity index (χ3v) is 2.71. The van der Waals surface area contributed by atoms with Crippen LogP contribution in [0.3, 0.4) is 0 Å². The number of pyridine rings is 1. The average molecular weight is 257 g/mol. The third kappa shape index (κ3) is 2.10. The number of H-pyrrole nitrogens is 1. The topological polar surface area (TPSA) is 54.5 Å². The average Bonchev–Trinajstić information content (AvgIpc) is 2.89. The van der Waals surface area contributed by atoms with Gasteiger partial charge in [0.1, 0.15) is 5.69 Å². The molecule has 0 unspecified atom stereocenters. The van der Waals surface area contributed by atoms with Crippen molar-refractivity contribution >= 4 is 11.6 Å². The van der Waals surface area contributed by atoms with Crippen molar-refractivity contribution in [3.05, 3.63) is 53.7 Å². The highest BCUT2D eigenvalue weighted by Gasteiger charge is 2.08. The van der Waals surface area contributed by atoms with Crippen LogP contribution in [-0.2, 0) is 0 Å². The maximum atomic E-state index is 5.94. The van der Waals surface area contributed by atoms with E-state index in [9.17, 15) is 0 Å². The molecule has 0 aliphatic rings. The van der Waals surface area contributed by atoms with Crippen LogP contribution in [0.2, 0.25) is 5.02 Å². The molecule has 0 aliphatic heterocycles. The Morgan fingerprint density at radius 1 is 1.06 bits per heavy atom. The van der Waals surface area contributed by atoms with Gasteiger partial charge >= 0.3 is 0 Å². The minimum absolute atomic E-state index is 0.575. The second kappa shape index (κ2) is 4.58. The van der Waals surface area contributed by atoms with E-state index in [0.717, 1.165) is 11.3 Å². The number of benzene rings is 1. The van der Waals surface area contributed by atoms with Crippen LogP contribution in [0.1, 0.15) is 0 Å². The molecule has 1 N–H and O–H groups in total. The Labute approximate surface area is 109 Å². The van der Waals surface area contributed by atoms with Gasteiger partial charge in [-0.25, -0.2) is 4.98 Å². The van der Waals surface area contributed by atoms with Gasteiger partial charge in [0, 0.05) is 16.8 Å². The fraction of sp³-hybridized carbons (Fsp3) is 0. The Kier molecular flexibility index (Phi) is 2.78. The van der Waals surface area contributed by atoms with Gasteiger partial charge in [-0.2, -0.15) is 5.10 Å². The summed E-state index contributed by atoms with van der Waals surface area (Å²) in [5.41, 5.74) is 1.64. The highest BCUT2D eigenvalue weighted by atomic mass is 35.5. The summed E-state index contributed by atoms with van der Waals surface area (Å²) >= 11 is 5.94. The summed E-state index contributed by atoms with van der Waals surface area (Å²) in [7, 11) is 0. The number of hydrogen-bond donors (Lipinski definition) is 1. The summed E-state index contributed by atoms with van der Waals surface area (Å²) < 4.78 is 0. The van der Waals surface area contributed by atoms with E-state index in [4.69, 9.17) is 11.6 Å². The van der Waals surface area contributed by atoms with Crippen molar-refractivity contribution in [2.75, 3.05) is 0 Å². The first-order chi connectivity index (χ1) is 8.83. The molecule has 1 aromatic carbocycles. The minimum atomic E-state index is 0.575. The normalized spacial score (nSPS) is 10.5. The number of nitrogens with one attached hydrogen (secondary N) is 1. The first-order valence-corrected chi connectivity index (χ1v) is 5.80. The van der Waals surface area contributed by atoms with Gasteiger partial charge in [0.15, 0.2) is 11.6 Å². The molecule has 0 spiro atoms. The van der Waals surface area contributed by atoms with E-state index in [1.165, 1.54) is 0 Å². The lowest BCUT2D eigenvalue weighted by Gasteiger charge is -1.95. The van der Waals surface area contributed by atoms with Crippen molar-refractivity contribution < 1.29 is 0 Å². The van der Waals surface area contributed by atoms with Gasteiger partial charge in [0.25, 0.3) is 0 Å². The minimum Gasteiger partial charge on any atom is -0.259 e. The van der Waals surface area contributed by atoms with Gasteiger partial charge < -0.3 is 0 Å². The summed E-state index contributed by atoms with van der Waals surface area (Å²) in [5, 5.41) is 7.71. The molecule has 0 atom stereocenters. The zero-order chi connectivity index (χ0) is 12.4. The van der Waals surface area contributed by atoms with Crippen molar-refractivity contribution in [2.45, 2.75) is 0 Å². The number of nitrogens with zero attached hydrogens (tertiary/aromatic N) is 3. The molecule has 4 nitrogen and oxygen atoms in total. The molecular weight excluding hydrogens is 248 g/mol. The Morgan fingerprint density at radius 2 is 2.00 bits per heavy atom. The van der Waals surface area contributed by atoms with Crippen LogP contribution < -0.4 is 0 Å². The molecule has 3 aromatic rings. The van der Waals surface area contributed by atoms with Crippen LogP contribution in [0.4, 0.5) is 0 Å². The lowest BCUT2D eigenvalue weighted by molar-refractivity contribution is 1.09. The van der Waals surface area contributed by atoms with Crippen LogP contribution in [0, 0.1) is 0 Å². The van der Waals surface area contributed by atoms with Gasteiger partial charge in [-0.15, -0.1) is 0 Å². The van der Waals surface area contributed by atoms with E-state index in [-0.39, 0.29) is 0 Å². The second-order valence-corrected chi connectivity index (χ2v) is 4.17. The molecule has 2 aromatic heterocycles. The predicted octanol–water partition coefficient (Wildman–Crippen LogP) is 3.19. The van der Waals surface area contributed by atoms with Crippen LogP contribution >= 0.6 is 11.6 Å². The van der Waals surface area contributed by atoms with Crippen molar-refractivity contribution in [3.63, 3.8) is 0 Å². The second-order valence-electron chi connectivity index (χ2n) is 3.73. The summed E-state index contributed by atoms with van der Waals surface area (Å²) in [6, 6.07) is 13.1. The van der Waals surface area contributed by atoms with E-state index >= 15 is 0 Å². The predicted molar refractivity (Wildman–Crippen MR) is 70.1 cm³/mol. The summed E-state index contributed by atoms with van der Waals surface area (Å²) in [5.74, 6) is 1.25. The van der Waals surface area contributed by atoms with Crippen LogP contribution in [0.15, 0.2) is 48.7 Å². The van der Waals surface area contributed by atoms with Crippen molar-refractivity contribution in [1.29, 1.82) is 0 Å². The molecule has 0 fully saturated rings. The molecule has 0 bridgehead atoms. The third-order valence-electron chi connectivity index (χ3n) is 2.48. The summed E-state index contributed by atoms with van der Waals surface area (Å²) in [6.45, 7) is 0. The largest absolute Gasteiger partial charge is 0.259 e. The molecular formula is C13H9ClN4. The number of aromatic nitrogens is 4. The molecule has 18 heavy (non-hydrogen) atoms. The van der Waals surface area contributed by atoms with Gasteiger partial charge in [0.05, 0.1) is 0 Å². The van der Waals surface area contributed by atoms with Gasteiger partial charge in [0.2, 0.25) is 0 Å². The molecule has 0 amide bonds. The summed E-state index contributed by atoms with van der Waals surface area (Å²) in [6.07, 6.45) is 1.71. The molecule has 5 heteroatoms. The standard InChI is InChI=1S/C13H9ClN4/c14-10-5-3-4-9(8-10)12-16-13(18-17-12)11-6-1-2-7-15-11/h1-8H,(H,16,17,18). The van der Waals surface area contributed by atoms with E-state index in [0.29, 0.717) is 16.7 Å². The van der Waals surface area contributed by atoms with Crippen molar-refractivity contribution in [3.8, 4) is 22.9 Å². The smallest absolute Gasteiger partial charge is 0.200 e. The Balaban J connectivity index is 2.00. The number of aromatic amines is 1. The molecule has 0 saturated carbocycles. The van der Waals surface area contributed by atoms with Crippen LogP contribution in [0.25, 0.3) is 22.9 Å². The fourth-order valence-electron chi connectivity index (χ4n) is 1.64. The maximum Gasteiger partial charge on any atom is 0.200 e. The highest BCUT2D eigenvalue weighted by molar-refractivity contribution is 6.30. The Bertz CT molecular complexity index is 664. The van der Waals surface area contributed by atoms with Gasteiger partial charge in [-0.3, -0.25) is 10.1 Å². The van der Waals surface area contributed by atoms with E-state index < -0.39 is 0 Å². The maximum absolute atomic E-state index is 5.94. The first-order valence-electron chi connectivity index (χ1n) is 5.43. The van der Waals surface area contributed by atoms with Crippen LogP contribution in [-0.4, -0.2) is 20.2 Å². The van der Waals surface area contributed by atoms with Gasteiger partial charge in [-0.1, -0.05) is 29.8 Å². The fourth-order valence-corrected chi connectivity index (χ4v) is 1.83. The van der Waals surface area contributed by atoms with E-state index in [2.05, 4.69) is 20.2 Å². The molecule has 3 rings (SSSR count). The number of halogens is 1. The Hall–Kier alpha value is -2.20.